The Hall–Kier alpha value is -1.13. The van der Waals surface area contributed by atoms with Crippen LogP contribution in [-0.2, 0) is 13.6 Å². The molecule has 0 spiro atoms. The van der Waals surface area contributed by atoms with Gasteiger partial charge in [-0.05, 0) is 11.4 Å². The Morgan fingerprint density at radius 2 is 2.46 bits per heavy atom. The molecule has 0 radical (unpaired) electrons. The van der Waals surface area contributed by atoms with Crippen LogP contribution in [0.15, 0.2) is 23.8 Å². The monoisotopic (exact) mass is 193 g/mol. The average molecular weight is 193 g/mol. The van der Waals surface area contributed by atoms with E-state index in [2.05, 4.69) is 11.1 Å². The topological polar surface area (TPSA) is 43.8 Å². The van der Waals surface area contributed by atoms with Gasteiger partial charge in [0.2, 0.25) is 0 Å². The lowest BCUT2D eigenvalue weighted by atomic mass is 10.2. The first-order chi connectivity index (χ1) is 6.33. The molecular formula is C9H11N3S. The second-order valence-corrected chi connectivity index (χ2v) is 3.82. The van der Waals surface area contributed by atoms with Crippen LogP contribution in [0.25, 0.3) is 11.4 Å². The van der Waals surface area contributed by atoms with Crippen molar-refractivity contribution in [2.75, 3.05) is 0 Å². The first kappa shape index (κ1) is 8.47. The maximum absolute atomic E-state index is 5.62. The minimum atomic E-state index is 0.583. The van der Waals surface area contributed by atoms with Gasteiger partial charge < -0.3 is 10.3 Å². The van der Waals surface area contributed by atoms with Crippen LogP contribution in [0.2, 0.25) is 0 Å². The van der Waals surface area contributed by atoms with E-state index in [9.17, 15) is 0 Å². The summed E-state index contributed by atoms with van der Waals surface area (Å²) in [6.45, 7) is 0.583. The fourth-order valence-corrected chi connectivity index (χ4v) is 2.07. The molecule has 0 aromatic carbocycles. The van der Waals surface area contributed by atoms with E-state index in [4.69, 9.17) is 5.73 Å². The van der Waals surface area contributed by atoms with Crippen molar-refractivity contribution in [3.05, 3.63) is 28.7 Å². The van der Waals surface area contributed by atoms with E-state index in [0.717, 1.165) is 11.4 Å². The molecule has 0 aliphatic carbocycles. The van der Waals surface area contributed by atoms with E-state index < -0.39 is 0 Å². The van der Waals surface area contributed by atoms with Gasteiger partial charge in [0, 0.05) is 36.4 Å². The molecule has 0 aliphatic rings. The lowest BCUT2D eigenvalue weighted by Crippen LogP contribution is -1.97. The first-order valence-corrected chi connectivity index (χ1v) is 4.95. The molecule has 0 aliphatic heterocycles. The third-order valence-electron chi connectivity index (χ3n) is 1.99. The molecule has 2 aromatic heterocycles. The fraction of sp³-hybridized carbons (Fsp3) is 0.222. The van der Waals surface area contributed by atoms with Crippen molar-refractivity contribution >= 4 is 11.3 Å². The van der Waals surface area contributed by atoms with E-state index in [1.54, 1.807) is 17.5 Å². The number of thiophene rings is 1. The standard InChI is InChI=1S/C9H11N3S/c1-12-4-3-11-9(12)7-2-5-13-8(7)6-10/h2-5H,6,10H2,1H3. The first-order valence-electron chi connectivity index (χ1n) is 4.07. The molecule has 0 unspecified atom stereocenters. The van der Waals surface area contributed by atoms with Gasteiger partial charge in [0.15, 0.2) is 0 Å². The Kier molecular flexibility index (Phi) is 2.16. The summed E-state index contributed by atoms with van der Waals surface area (Å²) in [5.74, 6) is 0.988. The minimum absolute atomic E-state index is 0.583. The predicted octanol–water partition coefficient (Wildman–Crippen LogP) is 1.61. The van der Waals surface area contributed by atoms with Crippen LogP contribution < -0.4 is 5.73 Å². The molecule has 0 saturated carbocycles. The normalized spacial score (nSPS) is 10.6. The molecule has 2 rings (SSSR count). The predicted molar refractivity (Wildman–Crippen MR) is 54.4 cm³/mol. The molecule has 68 valence electrons. The summed E-state index contributed by atoms with van der Waals surface area (Å²) in [4.78, 5) is 5.47. The molecule has 0 saturated heterocycles. The third kappa shape index (κ3) is 1.38. The zero-order chi connectivity index (χ0) is 9.26. The van der Waals surface area contributed by atoms with Crippen molar-refractivity contribution in [2.24, 2.45) is 12.8 Å². The van der Waals surface area contributed by atoms with Gasteiger partial charge in [0.25, 0.3) is 0 Å². The van der Waals surface area contributed by atoms with Gasteiger partial charge in [-0.15, -0.1) is 11.3 Å². The molecule has 13 heavy (non-hydrogen) atoms. The highest BCUT2D eigenvalue weighted by atomic mass is 32.1. The Labute approximate surface area is 80.8 Å². The minimum Gasteiger partial charge on any atom is -0.334 e. The summed E-state index contributed by atoms with van der Waals surface area (Å²) >= 11 is 1.68. The van der Waals surface area contributed by atoms with E-state index in [1.165, 1.54) is 4.88 Å². The van der Waals surface area contributed by atoms with Gasteiger partial charge in [-0.1, -0.05) is 0 Å². The van der Waals surface area contributed by atoms with Crippen LogP contribution in [-0.4, -0.2) is 9.55 Å². The van der Waals surface area contributed by atoms with Gasteiger partial charge in [0.05, 0.1) is 0 Å². The van der Waals surface area contributed by atoms with E-state index in [0.29, 0.717) is 6.54 Å². The summed E-state index contributed by atoms with van der Waals surface area (Å²) in [5, 5.41) is 2.05. The molecule has 2 N–H and O–H groups in total. The number of hydrogen-bond donors (Lipinski definition) is 1. The van der Waals surface area contributed by atoms with Crippen LogP contribution in [0.3, 0.4) is 0 Å². The van der Waals surface area contributed by atoms with E-state index in [1.807, 2.05) is 23.2 Å². The molecule has 0 atom stereocenters. The van der Waals surface area contributed by atoms with Crippen molar-refractivity contribution in [2.45, 2.75) is 6.54 Å². The highest BCUT2D eigenvalue weighted by molar-refractivity contribution is 7.10. The lowest BCUT2D eigenvalue weighted by Gasteiger charge is -2.01. The SMILES string of the molecule is Cn1ccnc1-c1ccsc1CN. The average Bonchev–Trinajstić information content (AvgIpc) is 2.71. The number of rotatable bonds is 2. The molecular weight excluding hydrogens is 182 g/mol. The molecule has 0 fully saturated rings. The second kappa shape index (κ2) is 3.32. The maximum Gasteiger partial charge on any atom is 0.140 e. The van der Waals surface area contributed by atoms with Gasteiger partial charge >= 0.3 is 0 Å². The Morgan fingerprint density at radius 3 is 3.08 bits per heavy atom. The molecule has 4 heteroatoms. The van der Waals surface area contributed by atoms with Crippen molar-refractivity contribution in [1.82, 2.24) is 9.55 Å². The quantitative estimate of drug-likeness (QED) is 0.787. The van der Waals surface area contributed by atoms with E-state index >= 15 is 0 Å². The van der Waals surface area contributed by atoms with Crippen LogP contribution in [0.1, 0.15) is 4.88 Å². The Bertz CT molecular complexity index is 402. The largest absolute Gasteiger partial charge is 0.334 e. The Balaban J connectivity index is 2.52. The van der Waals surface area contributed by atoms with Crippen LogP contribution in [0, 0.1) is 0 Å². The van der Waals surface area contributed by atoms with Gasteiger partial charge in [-0.25, -0.2) is 4.98 Å². The third-order valence-corrected chi connectivity index (χ3v) is 2.94. The molecule has 2 aromatic rings. The summed E-state index contributed by atoms with van der Waals surface area (Å²) in [6, 6.07) is 2.06. The van der Waals surface area contributed by atoms with Gasteiger partial charge in [-0.2, -0.15) is 0 Å². The number of imidazole rings is 1. The van der Waals surface area contributed by atoms with Crippen LogP contribution in [0.4, 0.5) is 0 Å². The molecule has 0 amide bonds. The number of nitrogens with zero attached hydrogens (tertiary/aromatic N) is 2. The van der Waals surface area contributed by atoms with Crippen molar-refractivity contribution in [3.8, 4) is 11.4 Å². The summed E-state index contributed by atoms with van der Waals surface area (Å²) in [6.07, 6.45) is 3.74. The zero-order valence-electron chi connectivity index (χ0n) is 7.40. The molecule has 2 heterocycles. The fourth-order valence-electron chi connectivity index (χ4n) is 1.32. The van der Waals surface area contributed by atoms with E-state index in [-0.39, 0.29) is 0 Å². The van der Waals surface area contributed by atoms with Gasteiger partial charge in [-0.3, -0.25) is 0 Å². The second-order valence-electron chi connectivity index (χ2n) is 2.82. The number of aromatic nitrogens is 2. The Morgan fingerprint density at radius 1 is 1.62 bits per heavy atom. The summed E-state index contributed by atoms with van der Waals surface area (Å²) < 4.78 is 2.00. The summed E-state index contributed by atoms with van der Waals surface area (Å²) in [7, 11) is 1.99. The summed E-state index contributed by atoms with van der Waals surface area (Å²) in [5.41, 5.74) is 6.78. The van der Waals surface area contributed by atoms with Crippen molar-refractivity contribution in [1.29, 1.82) is 0 Å². The molecule has 3 nitrogen and oxygen atoms in total. The zero-order valence-corrected chi connectivity index (χ0v) is 8.21. The van der Waals surface area contributed by atoms with Crippen molar-refractivity contribution < 1.29 is 0 Å². The van der Waals surface area contributed by atoms with Gasteiger partial charge in [0.1, 0.15) is 5.82 Å². The van der Waals surface area contributed by atoms with Crippen molar-refractivity contribution in [3.63, 3.8) is 0 Å². The highest BCUT2D eigenvalue weighted by Gasteiger charge is 2.08. The lowest BCUT2D eigenvalue weighted by molar-refractivity contribution is 0.922. The smallest absolute Gasteiger partial charge is 0.140 e. The highest BCUT2D eigenvalue weighted by Crippen LogP contribution is 2.25. The number of nitrogens with two attached hydrogens (primary N) is 1. The molecule has 0 bridgehead atoms. The van der Waals surface area contributed by atoms with Crippen LogP contribution >= 0.6 is 11.3 Å². The van der Waals surface area contributed by atoms with Crippen LogP contribution in [0.5, 0.6) is 0 Å². The maximum atomic E-state index is 5.62. The number of aryl methyl sites for hydroxylation is 1. The number of hydrogen-bond acceptors (Lipinski definition) is 3.